The second-order valence-electron chi connectivity index (χ2n) is 3.55. The Morgan fingerprint density at radius 3 is 2.50 bits per heavy atom. The number of methoxy groups -OCH3 is 1. The molecule has 1 aliphatic rings. The highest BCUT2D eigenvalue weighted by molar-refractivity contribution is 5.65. The monoisotopic (exact) mass is 226 g/mol. The summed E-state index contributed by atoms with van der Waals surface area (Å²) >= 11 is 0. The van der Waals surface area contributed by atoms with Crippen molar-refractivity contribution in [3.05, 3.63) is 24.5 Å². The summed E-state index contributed by atoms with van der Waals surface area (Å²) in [6.45, 7) is 0.605. The van der Waals surface area contributed by atoms with E-state index in [9.17, 15) is 4.79 Å². The van der Waals surface area contributed by atoms with E-state index in [0.29, 0.717) is 6.54 Å². The van der Waals surface area contributed by atoms with E-state index in [1.54, 1.807) is 7.11 Å². The summed E-state index contributed by atoms with van der Waals surface area (Å²) in [6.07, 6.45) is 5.48. The van der Waals surface area contributed by atoms with Gasteiger partial charge in [0.15, 0.2) is 0 Å². The van der Waals surface area contributed by atoms with Gasteiger partial charge in [-0.15, -0.1) is 0 Å². The van der Waals surface area contributed by atoms with Gasteiger partial charge in [-0.2, -0.15) is 0 Å². The van der Waals surface area contributed by atoms with Gasteiger partial charge in [-0.05, 0) is 31.4 Å². The predicted octanol–water partition coefficient (Wildman–Crippen LogP) is 2.14. The molecule has 1 aliphatic heterocycles. The van der Waals surface area contributed by atoms with Crippen LogP contribution in [0.3, 0.4) is 0 Å². The van der Waals surface area contributed by atoms with E-state index in [4.69, 9.17) is 9.84 Å². The van der Waals surface area contributed by atoms with Gasteiger partial charge in [0, 0.05) is 26.0 Å². The van der Waals surface area contributed by atoms with Crippen LogP contribution >= 0.6 is 0 Å². The van der Waals surface area contributed by atoms with Gasteiger partial charge in [0.2, 0.25) is 0 Å². The zero-order valence-corrected chi connectivity index (χ0v) is 9.43. The number of aromatic amines is 1. The summed E-state index contributed by atoms with van der Waals surface area (Å²) in [5, 5.41) is 8.69. The van der Waals surface area contributed by atoms with Crippen molar-refractivity contribution < 1.29 is 14.6 Å². The van der Waals surface area contributed by atoms with Crippen LogP contribution in [0.4, 0.5) is 4.79 Å². The number of nitrogens with zero attached hydrogens (tertiary/aromatic N) is 1. The lowest BCUT2D eigenvalue weighted by Gasteiger charge is -2.31. The molecule has 1 amide bonds. The second-order valence-corrected chi connectivity index (χ2v) is 3.55. The third-order valence-corrected chi connectivity index (χ3v) is 2.46. The molecule has 2 N–H and O–H groups in total. The summed E-state index contributed by atoms with van der Waals surface area (Å²) in [5.74, 6) is 0. The number of ether oxygens (including phenoxy) is 1. The van der Waals surface area contributed by atoms with Crippen molar-refractivity contribution in [2.24, 2.45) is 0 Å². The van der Waals surface area contributed by atoms with Crippen molar-refractivity contribution in [1.82, 2.24) is 9.88 Å². The quantitative estimate of drug-likeness (QED) is 0.771. The number of hydrogen-bond donors (Lipinski definition) is 2. The average molecular weight is 226 g/mol. The maximum atomic E-state index is 10.6. The van der Waals surface area contributed by atoms with E-state index in [1.807, 2.05) is 24.5 Å². The SMILES string of the molecule is COC1CCCCN1C(=O)O.c1cc[nH]c1. The highest BCUT2D eigenvalue weighted by Crippen LogP contribution is 2.16. The molecule has 1 aromatic rings. The lowest BCUT2D eigenvalue weighted by Crippen LogP contribution is -2.43. The van der Waals surface area contributed by atoms with Gasteiger partial charge in [0.1, 0.15) is 6.23 Å². The largest absolute Gasteiger partial charge is 0.465 e. The van der Waals surface area contributed by atoms with Gasteiger partial charge in [0.05, 0.1) is 0 Å². The first-order valence-corrected chi connectivity index (χ1v) is 5.36. The van der Waals surface area contributed by atoms with Crippen molar-refractivity contribution in [3.63, 3.8) is 0 Å². The van der Waals surface area contributed by atoms with E-state index < -0.39 is 6.09 Å². The van der Waals surface area contributed by atoms with Crippen LogP contribution < -0.4 is 0 Å². The molecular formula is C11H18N2O3. The van der Waals surface area contributed by atoms with E-state index in [-0.39, 0.29) is 6.23 Å². The molecule has 0 bridgehead atoms. The number of H-pyrrole nitrogens is 1. The molecule has 0 radical (unpaired) electrons. The van der Waals surface area contributed by atoms with Gasteiger partial charge in [-0.1, -0.05) is 0 Å². The van der Waals surface area contributed by atoms with Gasteiger partial charge in [-0.3, -0.25) is 4.90 Å². The maximum absolute atomic E-state index is 10.6. The molecule has 2 heterocycles. The molecule has 5 heteroatoms. The van der Waals surface area contributed by atoms with E-state index in [1.165, 1.54) is 4.90 Å². The first-order valence-electron chi connectivity index (χ1n) is 5.36. The Hall–Kier alpha value is -1.49. The van der Waals surface area contributed by atoms with Crippen molar-refractivity contribution in [3.8, 4) is 0 Å². The number of likely N-dealkylation sites (tertiary alicyclic amines) is 1. The molecule has 0 aromatic carbocycles. The number of nitrogens with one attached hydrogen (secondary N) is 1. The van der Waals surface area contributed by atoms with Crippen LogP contribution in [0, 0.1) is 0 Å². The van der Waals surface area contributed by atoms with Crippen LogP contribution in [-0.2, 0) is 4.74 Å². The van der Waals surface area contributed by atoms with Crippen LogP contribution in [0.2, 0.25) is 0 Å². The van der Waals surface area contributed by atoms with Crippen molar-refractivity contribution >= 4 is 6.09 Å². The van der Waals surface area contributed by atoms with Crippen LogP contribution in [0.5, 0.6) is 0 Å². The number of hydrogen-bond acceptors (Lipinski definition) is 2. The fourth-order valence-corrected chi connectivity index (χ4v) is 1.64. The van der Waals surface area contributed by atoms with Crippen molar-refractivity contribution in [2.75, 3.05) is 13.7 Å². The Morgan fingerprint density at radius 1 is 1.44 bits per heavy atom. The summed E-state index contributed by atoms with van der Waals surface area (Å²) in [4.78, 5) is 14.8. The molecule has 1 saturated heterocycles. The van der Waals surface area contributed by atoms with Gasteiger partial charge in [0.25, 0.3) is 0 Å². The Morgan fingerprint density at radius 2 is 2.12 bits per heavy atom. The first kappa shape index (κ1) is 12.6. The number of aromatic nitrogens is 1. The minimum absolute atomic E-state index is 0.221. The maximum Gasteiger partial charge on any atom is 0.409 e. The van der Waals surface area contributed by atoms with Crippen molar-refractivity contribution in [2.45, 2.75) is 25.5 Å². The third-order valence-electron chi connectivity index (χ3n) is 2.46. The molecule has 0 spiro atoms. The zero-order chi connectivity index (χ0) is 11.8. The number of amides is 1. The standard InChI is InChI=1S/C7H13NO3.C4H5N/c1-11-6-4-2-3-5-8(6)7(9)10;1-2-4-5-3-1/h6H,2-5H2,1H3,(H,9,10);1-5H. The topological polar surface area (TPSA) is 65.6 Å². The van der Waals surface area contributed by atoms with E-state index in [0.717, 1.165) is 19.3 Å². The lowest BCUT2D eigenvalue weighted by atomic mass is 10.1. The minimum Gasteiger partial charge on any atom is -0.465 e. The number of carboxylic acid groups (broad SMARTS) is 1. The second kappa shape index (κ2) is 6.90. The zero-order valence-electron chi connectivity index (χ0n) is 9.43. The summed E-state index contributed by atoms with van der Waals surface area (Å²) in [7, 11) is 1.55. The number of carbonyl (C=O) groups is 1. The molecule has 16 heavy (non-hydrogen) atoms. The molecule has 0 aliphatic carbocycles. The summed E-state index contributed by atoms with van der Waals surface area (Å²) in [5.41, 5.74) is 0. The molecule has 1 aromatic heterocycles. The number of piperidine rings is 1. The highest BCUT2D eigenvalue weighted by atomic mass is 16.5. The van der Waals surface area contributed by atoms with E-state index >= 15 is 0 Å². The predicted molar refractivity (Wildman–Crippen MR) is 60.2 cm³/mol. The molecular weight excluding hydrogens is 208 g/mol. The minimum atomic E-state index is -0.878. The molecule has 1 fully saturated rings. The molecule has 0 saturated carbocycles. The van der Waals surface area contributed by atoms with E-state index in [2.05, 4.69) is 4.98 Å². The molecule has 5 nitrogen and oxygen atoms in total. The third kappa shape index (κ3) is 3.94. The van der Waals surface area contributed by atoms with Gasteiger partial charge < -0.3 is 14.8 Å². The van der Waals surface area contributed by atoms with Crippen LogP contribution in [0.25, 0.3) is 0 Å². The van der Waals surface area contributed by atoms with Gasteiger partial charge >= 0.3 is 6.09 Å². The highest BCUT2D eigenvalue weighted by Gasteiger charge is 2.25. The molecule has 90 valence electrons. The summed E-state index contributed by atoms with van der Waals surface area (Å²) in [6, 6.07) is 3.89. The van der Waals surface area contributed by atoms with Gasteiger partial charge in [-0.25, -0.2) is 4.79 Å². The Balaban J connectivity index is 0.000000212. The van der Waals surface area contributed by atoms with Crippen LogP contribution in [-0.4, -0.2) is 41.0 Å². The summed E-state index contributed by atoms with van der Waals surface area (Å²) < 4.78 is 5.01. The fourth-order valence-electron chi connectivity index (χ4n) is 1.64. The van der Waals surface area contributed by atoms with Crippen LogP contribution in [0.15, 0.2) is 24.5 Å². The Kier molecular flexibility index (Phi) is 5.42. The normalized spacial score (nSPS) is 19.8. The lowest BCUT2D eigenvalue weighted by molar-refractivity contribution is -0.0418. The fraction of sp³-hybridized carbons (Fsp3) is 0.545. The average Bonchev–Trinajstić information content (AvgIpc) is 2.87. The Labute approximate surface area is 95.0 Å². The Bertz CT molecular complexity index is 270. The smallest absolute Gasteiger partial charge is 0.409 e. The van der Waals surface area contributed by atoms with Crippen molar-refractivity contribution in [1.29, 1.82) is 0 Å². The first-order chi connectivity index (χ1) is 7.75. The molecule has 1 unspecified atom stereocenters. The number of rotatable bonds is 1. The van der Waals surface area contributed by atoms with Crippen LogP contribution in [0.1, 0.15) is 19.3 Å². The molecule has 1 atom stereocenters. The molecule has 2 rings (SSSR count).